The molecule has 10 nitrogen and oxygen atoms in total. The minimum atomic E-state index is -1.34. The van der Waals surface area contributed by atoms with Crippen molar-refractivity contribution in [2.24, 2.45) is 22.7 Å². The molecule has 0 amide bonds. The number of hydrogen-bond acceptors (Lipinski definition) is 6. The molecule has 0 saturated carbocycles. The molecule has 4 atom stereocenters. The van der Waals surface area contributed by atoms with Gasteiger partial charge in [0.05, 0.1) is 34.9 Å². The van der Waals surface area contributed by atoms with Gasteiger partial charge in [0.1, 0.15) is 0 Å². The summed E-state index contributed by atoms with van der Waals surface area (Å²) in [5, 5.41) is 57.3. The van der Waals surface area contributed by atoms with Crippen molar-refractivity contribution in [1.82, 2.24) is 0 Å². The van der Waals surface area contributed by atoms with Crippen LogP contribution in [0.2, 0.25) is 0 Å². The van der Waals surface area contributed by atoms with Crippen molar-refractivity contribution in [2.75, 3.05) is 0 Å². The highest BCUT2D eigenvalue weighted by atomic mass is 16.4. The van der Waals surface area contributed by atoms with E-state index in [0.717, 1.165) is 0 Å². The van der Waals surface area contributed by atoms with Gasteiger partial charge >= 0.3 is 23.9 Å². The zero-order valence-corrected chi connectivity index (χ0v) is 18.6. The number of aliphatic hydroxyl groups excluding tert-OH is 2. The normalized spacial score (nSPS) is 16.2. The number of carboxylic acid groups (broad SMARTS) is 4. The second-order valence-corrected chi connectivity index (χ2v) is 9.50. The molecule has 0 saturated heterocycles. The van der Waals surface area contributed by atoms with E-state index in [0.29, 0.717) is 6.42 Å². The van der Waals surface area contributed by atoms with Crippen LogP contribution in [0.15, 0.2) is 0 Å². The predicted molar refractivity (Wildman–Crippen MR) is 109 cm³/mol. The van der Waals surface area contributed by atoms with E-state index in [2.05, 4.69) is 0 Å². The summed E-state index contributed by atoms with van der Waals surface area (Å²) in [5.74, 6) is -6.87. The quantitative estimate of drug-likeness (QED) is 0.204. The maximum absolute atomic E-state index is 11.4. The lowest BCUT2D eigenvalue weighted by molar-refractivity contribution is -0.154. The molecule has 0 bridgehead atoms. The number of aliphatic hydroxyl groups is 2. The zero-order valence-electron chi connectivity index (χ0n) is 18.6. The van der Waals surface area contributed by atoms with Crippen molar-refractivity contribution in [2.45, 2.75) is 84.8 Å². The van der Waals surface area contributed by atoms with Gasteiger partial charge in [-0.05, 0) is 66.2 Å². The van der Waals surface area contributed by atoms with Gasteiger partial charge in [-0.2, -0.15) is 0 Å². The number of rotatable bonds is 16. The van der Waals surface area contributed by atoms with Gasteiger partial charge in [-0.25, -0.2) is 0 Å². The molecule has 0 heterocycles. The van der Waals surface area contributed by atoms with Crippen molar-refractivity contribution in [3.63, 3.8) is 0 Å². The van der Waals surface area contributed by atoms with Crippen LogP contribution in [0, 0.1) is 22.7 Å². The molecule has 0 spiro atoms. The van der Waals surface area contributed by atoms with Gasteiger partial charge in [-0.1, -0.05) is 6.42 Å². The molecule has 31 heavy (non-hydrogen) atoms. The van der Waals surface area contributed by atoms with E-state index in [1.807, 2.05) is 0 Å². The van der Waals surface area contributed by atoms with E-state index < -0.39 is 58.8 Å². The fourth-order valence-electron chi connectivity index (χ4n) is 3.35. The summed E-state index contributed by atoms with van der Waals surface area (Å²) in [5.41, 5.74) is -2.53. The molecule has 6 N–H and O–H groups in total. The summed E-state index contributed by atoms with van der Waals surface area (Å²) in [4.78, 5) is 45.3. The first-order chi connectivity index (χ1) is 14.0. The van der Waals surface area contributed by atoms with E-state index in [-0.39, 0.29) is 38.5 Å². The van der Waals surface area contributed by atoms with E-state index in [1.54, 1.807) is 0 Å². The van der Waals surface area contributed by atoms with Crippen molar-refractivity contribution in [3.8, 4) is 0 Å². The second kappa shape index (κ2) is 12.0. The minimum absolute atomic E-state index is 0.0495. The molecule has 0 fully saturated rings. The minimum Gasteiger partial charge on any atom is -0.481 e. The van der Waals surface area contributed by atoms with Crippen LogP contribution in [0.4, 0.5) is 0 Å². The molecule has 0 aliphatic heterocycles. The molecule has 180 valence electrons. The van der Waals surface area contributed by atoms with E-state index in [4.69, 9.17) is 10.2 Å². The molecule has 0 aliphatic carbocycles. The fourth-order valence-corrected chi connectivity index (χ4v) is 3.35. The maximum atomic E-state index is 11.4. The largest absolute Gasteiger partial charge is 0.481 e. The first-order valence-electron chi connectivity index (χ1n) is 10.3. The maximum Gasteiger partial charge on any atom is 0.309 e. The Labute approximate surface area is 181 Å². The molecule has 0 radical (unpaired) electrons. The van der Waals surface area contributed by atoms with Crippen LogP contribution >= 0.6 is 0 Å². The first kappa shape index (κ1) is 28.8. The van der Waals surface area contributed by atoms with Crippen molar-refractivity contribution in [1.29, 1.82) is 0 Å². The number of aliphatic carboxylic acids is 4. The molecule has 0 aromatic heterocycles. The molecule has 10 heteroatoms. The third-order valence-corrected chi connectivity index (χ3v) is 5.66. The van der Waals surface area contributed by atoms with Gasteiger partial charge in [0.15, 0.2) is 0 Å². The third-order valence-electron chi connectivity index (χ3n) is 5.66. The Bertz CT molecular complexity index is 640. The van der Waals surface area contributed by atoms with Crippen LogP contribution in [0.1, 0.15) is 72.6 Å². The Morgan fingerprint density at radius 1 is 0.677 bits per heavy atom. The van der Waals surface area contributed by atoms with Crippen molar-refractivity contribution < 1.29 is 49.8 Å². The van der Waals surface area contributed by atoms with Crippen molar-refractivity contribution >= 4 is 23.9 Å². The molecular formula is C21H36O10. The van der Waals surface area contributed by atoms with Gasteiger partial charge in [-0.3, -0.25) is 19.2 Å². The Morgan fingerprint density at radius 2 is 1.16 bits per heavy atom. The highest BCUT2D eigenvalue weighted by molar-refractivity contribution is 5.77. The Hall–Kier alpha value is -2.20. The zero-order chi connectivity index (χ0) is 24.6. The molecule has 4 unspecified atom stereocenters. The Morgan fingerprint density at radius 3 is 1.58 bits per heavy atom. The van der Waals surface area contributed by atoms with E-state index in [9.17, 15) is 39.6 Å². The highest BCUT2D eigenvalue weighted by Gasteiger charge is 2.37. The summed E-state index contributed by atoms with van der Waals surface area (Å²) in [7, 11) is 0. The van der Waals surface area contributed by atoms with Crippen LogP contribution < -0.4 is 0 Å². The monoisotopic (exact) mass is 448 g/mol. The SMILES string of the molecule is CC(C)(CC(CCCC(O)CCC(O)C(CC(C)(C)C(=O)O)C(=O)O)C(=O)O)C(=O)O. The van der Waals surface area contributed by atoms with E-state index >= 15 is 0 Å². The summed E-state index contributed by atoms with van der Waals surface area (Å²) in [6.07, 6.45) is -1.84. The first-order valence-corrected chi connectivity index (χ1v) is 10.3. The van der Waals surface area contributed by atoms with Gasteiger partial charge < -0.3 is 30.6 Å². The average molecular weight is 449 g/mol. The van der Waals surface area contributed by atoms with Crippen LogP contribution in [-0.2, 0) is 19.2 Å². The third kappa shape index (κ3) is 10.1. The number of carboxylic acids is 4. The Balaban J connectivity index is 4.67. The summed E-state index contributed by atoms with van der Waals surface area (Å²) in [6, 6.07) is 0. The topological polar surface area (TPSA) is 190 Å². The molecule has 0 aromatic rings. The molecule has 0 aliphatic rings. The summed E-state index contributed by atoms with van der Waals surface area (Å²) < 4.78 is 0. The highest BCUT2D eigenvalue weighted by Crippen LogP contribution is 2.31. The van der Waals surface area contributed by atoms with Crippen LogP contribution in [0.25, 0.3) is 0 Å². The van der Waals surface area contributed by atoms with Gasteiger partial charge in [-0.15, -0.1) is 0 Å². The summed E-state index contributed by atoms with van der Waals surface area (Å²) >= 11 is 0. The molecule has 0 aromatic carbocycles. The predicted octanol–water partition coefficient (Wildman–Crippen LogP) is 2.06. The lowest BCUT2D eigenvalue weighted by Gasteiger charge is -2.27. The average Bonchev–Trinajstić information content (AvgIpc) is 2.62. The second-order valence-electron chi connectivity index (χ2n) is 9.50. The van der Waals surface area contributed by atoms with Crippen LogP contribution in [-0.4, -0.2) is 66.7 Å². The molecular weight excluding hydrogens is 412 g/mol. The van der Waals surface area contributed by atoms with Gasteiger partial charge in [0.25, 0.3) is 0 Å². The lowest BCUT2D eigenvalue weighted by atomic mass is 9.79. The van der Waals surface area contributed by atoms with Crippen molar-refractivity contribution in [3.05, 3.63) is 0 Å². The Kier molecular flexibility index (Phi) is 11.1. The van der Waals surface area contributed by atoms with Crippen LogP contribution in [0.5, 0.6) is 0 Å². The number of hydrogen-bond donors (Lipinski definition) is 6. The smallest absolute Gasteiger partial charge is 0.309 e. The van der Waals surface area contributed by atoms with E-state index in [1.165, 1.54) is 27.7 Å². The lowest BCUT2D eigenvalue weighted by Crippen LogP contribution is -2.36. The van der Waals surface area contributed by atoms with Gasteiger partial charge in [0.2, 0.25) is 0 Å². The standard InChI is InChI=1S/C21H36O10/c1-20(2,18(28)29)10-12(16(24)25)6-5-7-13(22)8-9-15(23)14(17(26)27)11-21(3,4)19(30)31/h12-15,22-23H,5-11H2,1-4H3,(H,24,25)(H,26,27)(H,28,29)(H,30,31). The molecule has 0 rings (SSSR count). The van der Waals surface area contributed by atoms with Crippen LogP contribution in [0.3, 0.4) is 0 Å². The van der Waals surface area contributed by atoms with Gasteiger partial charge in [0, 0.05) is 0 Å². The summed E-state index contributed by atoms with van der Waals surface area (Å²) in [6.45, 7) is 5.65. The fraction of sp³-hybridized carbons (Fsp3) is 0.810. The number of carbonyl (C=O) groups is 4.